The second-order valence-electron chi connectivity index (χ2n) is 6.09. The summed E-state index contributed by atoms with van der Waals surface area (Å²) in [6.07, 6.45) is 1.11. The molecule has 0 radical (unpaired) electrons. The maximum Gasteiger partial charge on any atom is 0.0587 e. The van der Waals surface area contributed by atoms with Gasteiger partial charge in [-0.2, -0.15) is 0 Å². The Morgan fingerprint density at radius 3 is 2.37 bits per heavy atom. The molecular formula is C16H26BrNO. The van der Waals surface area contributed by atoms with E-state index >= 15 is 0 Å². The minimum Gasteiger partial charge on any atom is -0.383 e. The fourth-order valence-corrected chi connectivity index (χ4v) is 2.30. The highest BCUT2D eigenvalue weighted by Gasteiger charge is 2.24. The third-order valence-electron chi connectivity index (χ3n) is 3.49. The van der Waals surface area contributed by atoms with E-state index in [4.69, 9.17) is 4.74 Å². The Morgan fingerprint density at radius 1 is 1.21 bits per heavy atom. The van der Waals surface area contributed by atoms with Crippen LogP contribution in [0.3, 0.4) is 0 Å². The van der Waals surface area contributed by atoms with Crippen LogP contribution in [-0.2, 0) is 11.2 Å². The van der Waals surface area contributed by atoms with Gasteiger partial charge in [0.25, 0.3) is 0 Å². The highest BCUT2D eigenvalue weighted by molar-refractivity contribution is 9.10. The third kappa shape index (κ3) is 6.55. The van der Waals surface area contributed by atoms with Crippen molar-refractivity contribution >= 4 is 15.9 Å². The molecule has 1 unspecified atom stereocenters. The zero-order chi connectivity index (χ0) is 14.3. The SMILES string of the molecule is COCCNCC(Cc1ccc(Br)cc1)C(C)(C)C. The molecule has 1 atom stereocenters. The molecule has 1 N–H and O–H groups in total. The molecule has 0 fully saturated rings. The molecule has 19 heavy (non-hydrogen) atoms. The molecule has 0 spiro atoms. The van der Waals surface area contributed by atoms with Crippen LogP contribution in [0.15, 0.2) is 28.7 Å². The van der Waals surface area contributed by atoms with Crippen molar-refractivity contribution in [1.82, 2.24) is 5.32 Å². The molecule has 3 heteroatoms. The van der Waals surface area contributed by atoms with E-state index in [1.54, 1.807) is 7.11 Å². The van der Waals surface area contributed by atoms with E-state index in [1.807, 2.05) is 0 Å². The Balaban J connectivity index is 2.57. The van der Waals surface area contributed by atoms with Gasteiger partial charge in [0.1, 0.15) is 0 Å². The Bertz CT molecular complexity index is 356. The van der Waals surface area contributed by atoms with Crippen molar-refractivity contribution in [2.45, 2.75) is 27.2 Å². The first-order chi connectivity index (χ1) is 8.93. The first kappa shape index (κ1) is 16.7. The molecule has 0 aliphatic carbocycles. The highest BCUT2D eigenvalue weighted by atomic mass is 79.9. The Kier molecular flexibility index (Phi) is 7.05. The molecule has 108 valence electrons. The summed E-state index contributed by atoms with van der Waals surface area (Å²) in [6, 6.07) is 8.65. The van der Waals surface area contributed by atoms with Crippen molar-refractivity contribution in [2.75, 3.05) is 26.8 Å². The van der Waals surface area contributed by atoms with E-state index in [0.717, 1.165) is 30.6 Å². The van der Waals surface area contributed by atoms with Crippen LogP contribution in [0.5, 0.6) is 0 Å². The van der Waals surface area contributed by atoms with E-state index in [1.165, 1.54) is 5.56 Å². The molecule has 0 heterocycles. The summed E-state index contributed by atoms with van der Waals surface area (Å²) in [7, 11) is 1.74. The quantitative estimate of drug-likeness (QED) is 0.767. The average molecular weight is 328 g/mol. The second kappa shape index (κ2) is 8.03. The summed E-state index contributed by atoms with van der Waals surface area (Å²) in [6.45, 7) is 9.67. The van der Waals surface area contributed by atoms with Crippen LogP contribution < -0.4 is 5.32 Å². The lowest BCUT2D eigenvalue weighted by Crippen LogP contribution is -2.34. The van der Waals surface area contributed by atoms with Gasteiger partial charge >= 0.3 is 0 Å². The van der Waals surface area contributed by atoms with Gasteiger partial charge in [-0.15, -0.1) is 0 Å². The first-order valence-corrected chi connectivity index (χ1v) is 7.67. The molecule has 1 rings (SSSR count). The topological polar surface area (TPSA) is 21.3 Å². The molecule has 1 aromatic carbocycles. The first-order valence-electron chi connectivity index (χ1n) is 6.87. The number of ether oxygens (including phenoxy) is 1. The molecular weight excluding hydrogens is 302 g/mol. The number of hydrogen-bond acceptors (Lipinski definition) is 2. The summed E-state index contributed by atoms with van der Waals surface area (Å²) < 4.78 is 6.21. The Morgan fingerprint density at radius 2 is 1.84 bits per heavy atom. The zero-order valence-corrected chi connectivity index (χ0v) is 14.1. The van der Waals surface area contributed by atoms with Crippen LogP contribution in [0, 0.1) is 11.3 Å². The van der Waals surface area contributed by atoms with Crippen molar-refractivity contribution in [3.8, 4) is 0 Å². The molecule has 0 aliphatic heterocycles. The van der Waals surface area contributed by atoms with E-state index < -0.39 is 0 Å². The molecule has 0 bridgehead atoms. The molecule has 1 aromatic rings. The van der Waals surface area contributed by atoms with Crippen LogP contribution in [0.4, 0.5) is 0 Å². The average Bonchev–Trinajstić information content (AvgIpc) is 2.34. The van der Waals surface area contributed by atoms with Gasteiger partial charge in [0.05, 0.1) is 6.61 Å². The number of rotatable bonds is 7. The molecule has 0 amide bonds. The van der Waals surface area contributed by atoms with Gasteiger partial charge in [0.2, 0.25) is 0 Å². The largest absolute Gasteiger partial charge is 0.383 e. The lowest BCUT2D eigenvalue weighted by atomic mass is 9.77. The smallest absolute Gasteiger partial charge is 0.0587 e. The number of halogens is 1. The van der Waals surface area contributed by atoms with E-state index in [2.05, 4.69) is 66.3 Å². The predicted octanol–water partition coefficient (Wildman–Crippen LogP) is 3.89. The second-order valence-corrected chi connectivity index (χ2v) is 7.01. The standard InChI is InChI=1S/C16H26BrNO/c1-16(2,3)14(12-18-9-10-19-4)11-13-5-7-15(17)8-6-13/h5-8,14,18H,9-12H2,1-4H3. The van der Waals surface area contributed by atoms with Crippen molar-refractivity contribution in [2.24, 2.45) is 11.3 Å². The number of nitrogens with one attached hydrogen (secondary N) is 1. The van der Waals surface area contributed by atoms with E-state index in [0.29, 0.717) is 11.3 Å². The lowest BCUT2D eigenvalue weighted by molar-refractivity contribution is 0.186. The number of methoxy groups -OCH3 is 1. The van der Waals surface area contributed by atoms with Crippen LogP contribution in [0.1, 0.15) is 26.3 Å². The summed E-state index contributed by atoms with van der Waals surface area (Å²) in [4.78, 5) is 0. The number of benzene rings is 1. The molecule has 0 saturated heterocycles. The summed E-state index contributed by atoms with van der Waals surface area (Å²) in [5, 5.41) is 3.49. The Labute approximate surface area is 126 Å². The Hall–Kier alpha value is -0.380. The monoisotopic (exact) mass is 327 g/mol. The predicted molar refractivity (Wildman–Crippen MR) is 85.5 cm³/mol. The van der Waals surface area contributed by atoms with Gasteiger partial charge in [-0.3, -0.25) is 0 Å². The molecule has 0 aliphatic rings. The maximum atomic E-state index is 5.07. The fraction of sp³-hybridized carbons (Fsp3) is 0.625. The van der Waals surface area contributed by atoms with Gasteiger partial charge < -0.3 is 10.1 Å². The van der Waals surface area contributed by atoms with Crippen LogP contribution in [-0.4, -0.2) is 26.8 Å². The zero-order valence-electron chi connectivity index (χ0n) is 12.5. The van der Waals surface area contributed by atoms with Crippen LogP contribution in [0.25, 0.3) is 0 Å². The van der Waals surface area contributed by atoms with Gasteiger partial charge in [-0.1, -0.05) is 48.8 Å². The van der Waals surface area contributed by atoms with Gasteiger partial charge in [0, 0.05) is 18.1 Å². The third-order valence-corrected chi connectivity index (χ3v) is 4.02. The minimum atomic E-state index is 0.299. The minimum absolute atomic E-state index is 0.299. The van der Waals surface area contributed by atoms with Crippen molar-refractivity contribution in [1.29, 1.82) is 0 Å². The molecule has 0 saturated carbocycles. The molecule has 2 nitrogen and oxygen atoms in total. The van der Waals surface area contributed by atoms with Crippen LogP contribution >= 0.6 is 15.9 Å². The fourth-order valence-electron chi connectivity index (χ4n) is 2.04. The highest BCUT2D eigenvalue weighted by Crippen LogP contribution is 2.29. The van der Waals surface area contributed by atoms with Crippen LogP contribution in [0.2, 0.25) is 0 Å². The number of hydrogen-bond donors (Lipinski definition) is 1. The molecule has 0 aromatic heterocycles. The van der Waals surface area contributed by atoms with Crippen molar-refractivity contribution < 1.29 is 4.74 Å². The van der Waals surface area contributed by atoms with Gasteiger partial charge in [0.15, 0.2) is 0 Å². The van der Waals surface area contributed by atoms with E-state index in [-0.39, 0.29) is 0 Å². The maximum absolute atomic E-state index is 5.07. The summed E-state index contributed by atoms with van der Waals surface area (Å²) >= 11 is 3.48. The lowest BCUT2D eigenvalue weighted by Gasteiger charge is -2.31. The van der Waals surface area contributed by atoms with Gasteiger partial charge in [-0.05, 0) is 42.0 Å². The van der Waals surface area contributed by atoms with Crippen molar-refractivity contribution in [3.05, 3.63) is 34.3 Å². The normalized spacial score (nSPS) is 13.5. The van der Waals surface area contributed by atoms with Crippen molar-refractivity contribution in [3.63, 3.8) is 0 Å². The van der Waals surface area contributed by atoms with E-state index in [9.17, 15) is 0 Å². The summed E-state index contributed by atoms with van der Waals surface area (Å²) in [5.41, 5.74) is 1.70. The summed E-state index contributed by atoms with van der Waals surface area (Å²) in [5.74, 6) is 0.616. The van der Waals surface area contributed by atoms with Gasteiger partial charge in [-0.25, -0.2) is 0 Å².